The van der Waals surface area contributed by atoms with E-state index in [0.717, 1.165) is 109 Å². The van der Waals surface area contributed by atoms with Gasteiger partial charge in [0.1, 0.15) is 19.8 Å². The molecule has 0 aromatic rings. The Labute approximate surface area is 479 Å². The highest BCUT2D eigenvalue weighted by molar-refractivity contribution is 7.47. The van der Waals surface area contributed by atoms with Crippen molar-refractivity contribution in [2.45, 2.75) is 238 Å². The molecule has 0 aromatic carbocycles. The maximum atomic E-state index is 12.8. The summed E-state index contributed by atoms with van der Waals surface area (Å²) in [5.74, 6) is -0.836. The first-order valence-corrected chi connectivity index (χ1v) is 32.4. The first-order chi connectivity index (χ1) is 38.0. The summed E-state index contributed by atoms with van der Waals surface area (Å²) in [6.45, 7) is 4.27. The van der Waals surface area contributed by atoms with Crippen LogP contribution in [-0.4, -0.2) is 74.9 Å². The van der Waals surface area contributed by atoms with Crippen LogP contribution in [0.2, 0.25) is 0 Å². The van der Waals surface area contributed by atoms with E-state index in [-0.39, 0.29) is 32.0 Å². The second kappa shape index (κ2) is 57.8. The molecule has 0 amide bonds. The van der Waals surface area contributed by atoms with Gasteiger partial charge in [0.05, 0.1) is 27.7 Å². The first kappa shape index (κ1) is 74.2. The number of esters is 2. The third-order valence-corrected chi connectivity index (χ3v) is 13.6. The molecule has 2 atom stereocenters. The molecule has 0 saturated carbocycles. The van der Waals surface area contributed by atoms with Gasteiger partial charge in [-0.2, -0.15) is 0 Å². The standard InChI is InChI=1S/C68H114NO8P/c1-6-8-10-12-14-16-18-20-22-24-26-27-28-29-30-31-32-33-34-35-36-37-38-39-40-41-43-45-47-49-51-53-55-57-59-61-68(71)77-66(65-76-78(72,73)75-63-62-69(3,4)5)64-74-67(70)60-58-56-54-52-50-48-46-44-42-25-23-21-19-17-15-13-11-9-7-2/h8,10,14,16,20-23,26-27,29-30,32-33,35-36,38-39,41,43,47,49,66H,6-7,9,11-13,15,17-19,24-25,28,31,34,37,40,42,44-46,48,50-65H2,1-5H3/p+1/b10-8-,16-14-,22-20-,23-21-,27-26-,30-29-,33-32-,36-35-,39-38-,43-41-,49-47-. The number of carbonyl (C=O) groups is 2. The summed E-state index contributed by atoms with van der Waals surface area (Å²) in [6, 6.07) is 0. The van der Waals surface area contributed by atoms with Crippen LogP contribution in [0.25, 0.3) is 0 Å². The molecule has 0 spiro atoms. The van der Waals surface area contributed by atoms with E-state index < -0.39 is 26.5 Å². The summed E-state index contributed by atoms with van der Waals surface area (Å²) in [7, 11) is 1.44. The van der Waals surface area contributed by atoms with Crippen molar-refractivity contribution in [3.63, 3.8) is 0 Å². The zero-order chi connectivity index (χ0) is 57.0. The third kappa shape index (κ3) is 61.4. The number of allylic oxidation sites excluding steroid dienone is 22. The van der Waals surface area contributed by atoms with Crippen molar-refractivity contribution in [1.82, 2.24) is 0 Å². The van der Waals surface area contributed by atoms with Crippen LogP contribution < -0.4 is 0 Å². The smallest absolute Gasteiger partial charge is 0.462 e. The Balaban J connectivity index is 4.24. The zero-order valence-electron chi connectivity index (χ0n) is 50.3. The van der Waals surface area contributed by atoms with E-state index in [9.17, 15) is 19.0 Å². The quantitative estimate of drug-likeness (QED) is 0.0211. The van der Waals surface area contributed by atoms with Gasteiger partial charge in [-0.25, -0.2) is 4.57 Å². The Morgan fingerprint density at radius 3 is 1.10 bits per heavy atom. The molecule has 0 aliphatic carbocycles. The van der Waals surface area contributed by atoms with Gasteiger partial charge >= 0.3 is 19.8 Å². The van der Waals surface area contributed by atoms with Crippen LogP contribution in [0, 0.1) is 0 Å². The topological polar surface area (TPSA) is 108 Å². The molecule has 0 aliphatic rings. The average Bonchev–Trinajstić information content (AvgIpc) is 3.41. The van der Waals surface area contributed by atoms with Crippen LogP contribution in [0.3, 0.4) is 0 Å². The summed E-state index contributed by atoms with van der Waals surface area (Å²) < 4.78 is 34.6. The van der Waals surface area contributed by atoms with Crippen LogP contribution in [0.15, 0.2) is 134 Å². The molecule has 0 saturated heterocycles. The van der Waals surface area contributed by atoms with Gasteiger partial charge in [0.2, 0.25) is 0 Å². The van der Waals surface area contributed by atoms with Gasteiger partial charge in [-0.05, 0) is 116 Å². The van der Waals surface area contributed by atoms with E-state index in [1.807, 2.05) is 21.1 Å². The minimum atomic E-state index is -4.40. The average molecular weight is 1110 g/mol. The fourth-order valence-electron chi connectivity index (χ4n) is 7.92. The van der Waals surface area contributed by atoms with E-state index in [1.54, 1.807) is 0 Å². The van der Waals surface area contributed by atoms with E-state index in [1.165, 1.54) is 89.9 Å². The lowest BCUT2D eigenvalue weighted by Crippen LogP contribution is -2.37. The molecule has 0 radical (unpaired) electrons. The first-order valence-electron chi connectivity index (χ1n) is 30.9. The van der Waals surface area contributed by atoms with Crippen molar-refractivity contribution in [3.05, 3.63) is 134 Å². The molecule has 0 rings (SSSR count). The van der Waals surface area contributed by atoms with Crippen LogP contribution >= 0.6 is 7.82 Å². The van der Waals surface area contributed by atoms with Crippen molar-refractivity contribution in [3.8, 4) is 0 Å². The fourth-order valence-corrected chi connectivity index (χ4v) is 8.66. The molecule has 0 bridgehead atoms. The number of phosphoric acid groups is 1. The van der Waals surface area contributed by atoms with Crippen molar-refractivity contribution in [2.75, 3.05) is 47.5 Å². The largest absolute Gasteiger partial charge is 0.472 e. The molecule has 1 N–H and O–H groups in total. The molecule has 2 unspecified atom stereocenters. The number of rotatable bonds is 55. The van der Waals surface area contributed by atoms with E-state index in [4.69, 9.17) is 18.5 Å². The summed E-state index contributed by atoms with van der Waals surface area (Å²) in [5.41, 5.74) is 0. The van der Waals surface area contributed by atoms with Gasteiger partial charge in [-0.1, -0.05) is 237 Å². The Bertz CT molecular complexity index is 1780. The number of likely N-dealkylation sites (N-methyl/N-ethyl adjacent to an activating group) is 1. The van der Waals surface area contributed by atoms with Crippen molar-refractivity contribution >= 4 is 19.8 Å². The zero-order valence-corrected chi connectivity index (χ0v) is 51.2. The monoisotopic (exact) mass is 1100 g/mol. The normalized spacial score (nSPS) is 14.2. The Hall–Kier alpha value is -3.85. The van der Waals surface area contributed by atoms with Gasteiger partial charge in [-0.15, -0.1) is 0 Å². The molecule has 9 nitrogen and oxygen atoms in total. The van der Waals surface area contributed by atoms with Gasteiger partial charge in [0.15, 0.2) is 6.10 Å². The summed E-state index contributed by atoms with van der Waals surface area (Å²) in [5, 5.41) is 0. The lowest BCUT2D eigenvalue weighted by molar-refractivity contribution is -0.870. The second-order valence-electron chi connectivity index (χ2n) is 21.4. The number of unbranched alkanes of at least 4 members (excludes halogenated alkanes) is 19. The number of hydrogen-bond acceptors (Lipinski definition) is 7. The number of hydrogen-bond donors (Lipinski definition) is 1. The molecule has 0 heterocycles. The molecule has 0 fully saturated rings. The van der Waals surface area contributed by atoms with Crippen molar-refractivity contribution < 1.29 is 42.1 Å². The minimum Gasteiger partial charge on any atom is -0.462 e. The maximum absolute atomic E-state index is 12.8. The van der Waals surface area contributed by atoms with E-state index in [2.05, 4.69) is 148 Å². The van der Waals surface area contributed by atoms with Crippen molar-refractivity contribution in [2.24, 2.45) is 0 Å². The molecule has 444 valence electrons. The highest BCUT2D eigenvalue weighted by atomic mass is 31.2. The van der Waals surface area contributed by atoms with E-state index >= 15 is 0 Å². The third-order valence-electron chi connectivity index (χ3n) is 12.7. The Morgan fingerprint density at radius 2 is 0.731 bits per heavy atom. The SMILES string of the molecule is CC/C=C\C/C=C\C/C=C\C/C=C\C/C=C\C/C=C\C/C=C\C/C=C\C/C=C\C/C=C\CCCCCCC(=O)OC(COC(=O)CCCCCCCCCCC/C=C\CCCCCCCC)COP(=O)(O)OCC[N+](C)(C)C. The highest BCUT2D eigenvalue weighted by Crippen LogP contribution is 2.43. The molecule has 0 aromatic heterocycles. The Kier molecular flexibility index (Phi) is 55.0. The number of phosphoric ester groups is 1. The number of nitrogens with zero attached hydrogens (tertiary/aromatic N) is 1. The van der Waals surface area contributed by atoms with Crippen molar-refractivity contribution in [1.29, 1.82) is 0 Å². The fraction of sp³-hybridized carbons (Fsp3) is 0.647. The highest BCUT2D eigenvalue weighted by Gasteiger charge is 2.27. The number of ether oxygens (including phenoxy) is 2. The summed E-state index contributed by atoms with van der Waals surface area (Å²) in [6.07, 6.45) is 83.8. The predicted octanol–water partition coefficient (Wildman–Crippen LogP) is 19.7. The number of carbonyl (C=O) groups excluding carboxylic acids is 2. The summed E-state index contributed by atoms with van der Waals surface area (Å²) >= 11 is 0. The van der Waals surface area contributed by atoms with Crippen LogP contribution in [0.1, 0.15) is 232 Å². The minimum absolute atomic E-state index is 0.0193. The Morgan fingerprint density at radius 1 is 0.410 bits per heavy atom. The second-order valence-corrected chi connectivity index (χ2v) is 22.8. The number of quaternary nitrogens is 1. The van der Waals surface area contributed by atoms with Gasteiger partial charge in [0, 0.05) is 12.8 Å². The van der Waals surface area contributed by atoms with Gasteiger partial charge < -0.3 is 18.9 Å². The van der Waals surface area contributed by atoms with Gasteiger partial charge in [-0.3, -0.25) is 18.6 Å². The molecule has 78 heavy (non-hydrogen) atoms. The van der Waals surface area contributed by atoms with Crippen LogP contribution in [0.4, 0.5) is 0 Å². The lowest BCUT2D eigenvalue weighted by atomic mass is 10.1. The van der Waals surface area contributed by atoms with Crippen LogP contribution in [-0.2, 0) is 32.7 Å². The predicted molar refractivity (Wildman–Crippen MR) is 334 cm³/mol. The molecular formula is C68H115NO8P+. The lowest BCUT2D eigenvalue weighted by Gasteiger charge is -2.24. The maximum Gasteiger partial charge on any atom is 0.472 e. The molecule has 10 heteroatoms. The van der Waals surface area contributed by atoms with Gasteiger partial charge in [0.25, 0.3) is 0 Å². The van der Waals surface area contributed by atoms with E-state index in [0.29, 0.717) is 17.4 Å². The van der Waals surface area contributed by atoms with Crippen LogP contribution in [0.5, 0.6) is 0 Å². The molecular weight excluding hydrogens is 990 g/mol. The summed E-state index contributed by atoms with van der Waals surface area (Å²) in [4.78, 5) is 35.7. The molecule has 0 aliphatic heterocycles.